The van der Waals surface area contributed by atoms with Crippen LogP contribution >= 0.6 is 22.6 Å². The van der Waals surface area contributed by atoms with Crippen LogP contribution in [0.15, 0.2) is 30.3 Å². The van der Waals surface area contributed by atoms with Crippen LogP contribution in [-0.4, -0.2) is 5.78 Å². The Morgan fingerprint density at radius 1 is 1.42 bits per heavy atom. The van der Waals surface area contributed by atoms with Gasteiger partial charge < -0.3 is 0 Å². The normalized spacial score (nSPS) is 15.2. The molecule has 0 amide bonds. The maximum atomic E-state index is 13.6. The van der Waals surface area contributed by atoms with Gasteiger partial charge in [-0.2, -0.15) is 0 Å². The zero-order chi connectivity index (χ0) is 9.19. The fourth-order valence-electron chi connectivity index (χ4n) is 0.851. The highest BCUT2D eigenvalue weighted by molar-refractivity contribution is 14.1. The van der Waals surface area contributed by atoms with Crippen molar-refractivity contribution in [2.45, 2.75) is 10.6 Å². The lowest BCUT2D eigenvalue weighted by Gasteiger charge is -2.14. The van der Waals surface area contributed by atoms with E-state index in [0.29, 0.717) is 5.56 Å². The molecule has 0 bridgehead atoms. The molecule has 0 heterocycles. The molecular weight excluding hydrogens is 270 g/mol. The molecule has 1 rings (SSSR count). The molecule has 64 valence electrons. The van der Waals surface area contributed by atoms with Crippen molar-refractivity contribution in [3.63, 3.8) is 0 Å². The molecule has 0 aliphatic carbocycles. The number of benzene rings is 1. The van der Waals surface area contributed by atoms with Crippen molar-refractivity contribution in [1.82, 2.24) is 0 Å². The minimum absolute atomic E-state index is 0.401. The van der Waals surface area contributed by atoms with Gasteiger partial charge in [-0.1, -0.05) is 30.3 Å². The van der Waals surface area contributed by atoms with Gasteiger partial charge in [-0.05, 0) is 29.5 Å². The first-order valence-electron chi connectivity index (χ1n) is 3.49. The summed E-state index contributed by atoms with van der Waals surface area (Å²) in [6, 6.07) is 8.43. The van der Waals surface area contributed by atoms with Gasteiger partial charge in [0.15, 0.2) is 5.78 Å². The van der Waals surface area contributed by atoms with E-state index in [9.17, 15) is 9.18 Å². The maximum Gasteiger partial charge on any atom is 0.243 e. The molecule has 0 aliphatic rings. The lowest BCUT2D eigenvalue weighted by molar-refractivity contribution is -0.122. The Hall–Kier alpha value is -0.450. The highest BCUT2D eigenvalue weighted by atomic mass is 127. The van der Waals surface area contributed by atoms with E-state index < -0.39 is 9.46 Å². The van der Waals surface area contributed by atoms with E-state index in [4.69, 9.17) is 0 Å². The predicted molar refractivity (Wildman–Crippen MR) is 53.9 cm³/mol. The molecule has 3 heteroatoms. The van der Waals surface area contributed by atoms with Crippen molar-refractivity contribution in [3.05, 3.63) is 35.9 Å². The molecule has 0 saturated heterocycles. The summed E-state index contributed by atoms with van der Waals surface area (Å²) in [4.78, 5) is 10.9. The molecule has 0 radical (unpaired) electrons. The number of ketones is 1. The van der Waals surface area contributed by atoms with E-state index in [-0.39, 0.29) is 0 Å². The molecule has 0 aromatic heterocycles. The summed E-state index contributed by atoms with van der Waals surface area (Å²) >= 11 is 1.52. The average Bonchev–Trinajstić information content (AvgIpc) is 2.06. The summed E-state index contributed by atoms with van der Waals surface area (Å²) in [5, 5.41) is 0. The van der Waals surface area contributed by atoms with E-state index in [1.807, 2.05) is 0 Å². The molecule has 0 aliphatic heterocycles. The van der Waals surface area contributed by atoms with Crippen LogP contribution in [0.1, 0.15) is 12.5 Å². The fourth-order valence-corrected chi connectivity index (χ4v) is 1.21. The van der Waals surface area contributed by atoms with E-state index in [2.05, 4.69) is 0 Å². The van der Waals surface area contributed by atoms with Crippen molar-refractivity contribution >= 4 is 28.4 Å². The van der Waals surface area contributed by atoms with Crippen molar-refractivity contribution in [3.8, 4) is 0 Å². The summed E-state index contributed by atoms with van der Waals surface area (Å²) in [6.45, 7) is 1.25. The first kappa shape index (κ1) is 9.64. The van der Waals surface area contributed by atoms with Crippen LogP contribution in [0, 0.1) is 0 Å². The Morgan fingerprint density at radius 3 is 2.33 bits per heavy atom. The van der Waals surface area contributed by atoms with Gasteiger partial charge in [-0.3, -0.25) is 4.79 Å². The van der Waals surface area contributed by atoms with Gasteiger partial charge in [0.1, 0.15) is 0 Å². The number of carbonyl (C=O) groups excluding carboxylic acids is 1. The van der Waals surface area contributed by atoms with Crippen LogP contribution in [0.5, 0.6) is 0 Å². The molecular formula is C9H8FIO. The number of halogens is 2. The van der Waals surface area contributed by atoms with Crippen LogP contribution in [0.2, 0.25) is 0 Å². The number of hydrogen-bond acceptors (Lipinski definition) is 1. The monoisotopic (exact) mass is 278 g/mol. The maximum absolute atomic E-state index is 13.6. The Labute approximate surface area is 84.1 Å². The largest absolute Gasteiger partial charge is 0.295 e. The summed E-state index contributed by atoms with van der Waals surface area (Å²) < 4.78 is 11.7. The Balaban J connectivity index is 3.06. The molecule has 1 nitrogen and oxygen atoms in total. The zero-order valence-corrected chi connectivity index (χ0v) is 8.71. The fraction of sp³-hybridized carbons (Fsp3) is 0.222. The topological polar surface area (TPSA) is 17.1 Å². The quantitative estimate of drug-likeness (QED) is 0.600. The smallest absolute Gasteiger partial charge is 0.243 e. The molecule has 1 unspecified atom stereocenters. The van der Waals surface area contributed by atoms with Crippen molar-refractivity contribution in [2.24, 2.45) is 0 Å². The molecule has 1 aromatic rings. The average molecular weight is 278 g/mol. The van der Waals surface area contributed by atoms with E-state index in [0.717, 1.165) is 0 Å². The number of alkyl halides is 2. The lowest BCUT2D eigenvalue weighted by Crippen LogP contribution is -2.20. The predicted octanol–water partition coefficient (Wildman–Crippen LogP) is 2.83. The van der Waals surface area contributed by atoms with Gasteiger partial charge in [-0.15, -0.1) is 0 Å². The van der Waals surface area contributed by atoms with Crippen molar-refractivity contribution in [2.75, 3.05) is 0 Å². The van der Waals surface area contributed by atoms with Gasteiger partial charge in [0.2, 0.25) is 3.68 Å². The van der Waals surface area contributed by atoms with Gasteiger partial charge in [0.25, 0.3) is 0 Å². The van der Waals surface area contributed by atoms with Gasteiger partial charge >= 0.3 is 0 Å². The zero-order valence-electron chi connectivity index (χ0n) is 6.55. The first-order chi connectivity index (χ1) is 5.55. The number of rotatable bonds is 2. The number of Topliss-reactive ketones (excluding diaryl/α,β-unsaturated/α-hetero) is 1. The van der Waals surface area contributed by atoms with Gasteiger partial charge in [-0.25, -0.2) is 4.39 Å². The molecule has 1 atom stereocenters. The third-order valence-corrected chi connectivity index (χ3v) is 2.96. The SMILES string of the molecule is CC(=O)C(F)(I)c1ccccc1. The number of carbonyl (C=O) groups is 1. The Bertz CT molecular complexity index is 282. The van der Waals surface area contributed by atoms with Crippen molar-refractivity contribution < 1.29 is 9.18 Å². The van der Waals surface area contributed by atoms with Gasteiger partial charge in [0, 0.05) is 5.56 Å². The van der Waals surface area contributed by atoms with Crippen molar-refractivity contribution in [1.29, 1.82) is 0 Å². The Kier molecular flexibility index (Phi) is 2.82. The van der Waals surface area contributed by atoms with Crippen LogP contribution in [-0.2, 0) is 8.47 Å². The molecule has 0 saturated carbocycles. The standard InChI is InChI=1S/C9H8FIO/c1-7(12)9(10,11)8-5-3-2-4-6-8/h2-6H,1H3. The van der Waals surface area contributed by atoms with Crippen LogP contribution < -0.4 is 0 Å². The second-order valence-corrected chi connectivity index (χ2v) is 3.98. The van der Waals surface area contributed by atoms with E-state index >= 15 is 0 Å². The molecule has 0 fully saturated rings. The summed E-state index contributed by atoms with van der Waals surface area (Å²) in [7, 11) is 0. The molecule has 1 aromatic carbocycles. The van der Waals surface area contributed by atoms with Crippen LogP contribution in [0.3, 0.4) is 0 Å². The van der Waals surface area contributed by atoms with Crippen LogP contribution in [0.25, 0.3) is 0 Å². The molecule has 0 N–H and O–H groups in total. The second-order valence-electron chi connectivity index (χ2n) is 2.50. The molecule has 12 heavy (non-hydrogen) atoms. The summed E-state index contributed by atoms with van der Waals surface area (Å²) in [5.41, 5.74) is 0.401. The van der Waals surface area contributed by atoms with Gasteiger partial charge in [0.05, 0.1) is 0 Å². The van der Waals surface area contributed by atoms with E-state index in [1.54, 1.807) is 30.3 Å². The second kappa shape index (κ2) is 3.51. The number of hydrogen-bond donors (Lipinski definition) is 0. The lowest BCUT2D eigenvalue weighted by atomic mass is 10.1. The minimum Gasteiger partial charge on any atom is -0.295 e. The summed E-state index contributed by atoms with van der Waals surface area (Å²) in [6.07, 6.45) is 0. The third-order valence-electron chi connectivity index (χ3n) is 1.58. The highest BCUT2D eigenvalue weighted by Gasteiger charge is 2.33. The summed E-state index contributed by atoms with van der Waals surface area (Å²) in [5.74, 6) is -0.477. The Morgan fingerprint density at radius 2 is 1.92 bits per heavy atom. The molecule has 0 spiro atoms. The third kappa shape index (κ3) is 1.83. The minimum atomic E-state index is -1.88. The van der Waals surface area contributed by atoms with E-state index in [1.165, 1.54) is 29.5 Å². The van der Waals surface area contributed by atoms with Crippen LogP contribution in [0.4, 0.5) is 4.39 Å². The first-order valence-corrected chi connectivity index (χ1v) is 4.57. The highest BCUT2D eigenvalue weighted by Crippen LogP contribution is 2.34.